The van der Waals surface area contributed by atoms with Crippen molar-refractivity contribution in [2.24, 2.45) is 0 Å². The fourth-order valence-corrected chi connectivity index (χ4v) is 5.09. The molecule has 4 rings (SSSR count). The Morgan fingerprint density at radius 2 is 2.11 bits per heavy atom. The standard InChI is InChI=1S/C18H14N4O3S3/c1-25-17(24)15-11(12-5-4-8-26-12)9-27-16(15)19-14(23)10-28-18-21-20-13-6-2-3-7-22(13)18/h2-9H,10H2,1H3,(H,19,23). The van der Waals surface area contributed by atoms with E-state index in [9.17, 15) is 9.59 Å². The Labute approximate surface area is 172 Å². The monoisotopic (exact) mass is 430 g/mol. The summed E-state index contributed by atoms with van der Waals surface area (Å²) in [6.07, 6.45) is 1.84. The molecule has 0 spiro atoms. The molecule has 1 amide bonds. The Bertz CT molecular complexity index is 1130. The van der Waals surface area contributed by atoms with Crippen LogP contribution in [0.15, 0.2) is 52.4 Å². The van der Waals surface area contributed by atoms with Crippen molar-refractivity contribution in [2.45, 2.75) is 5.16 Å². The highest BCUT2D eigenvalue weighted by Crippen LogP contribution is 2.38. The van der Waals surface area contributed by atoms with E-state index >= 15 is 0 Å². The van der Waals surface area contributed by atoms with Gasteiger partial charge in [-0.15, -0.1) is 32.9 Å². The van der Waals surface area contributed by atoms with Gasteiger partial charge in [0.15, 0.2) is 10.8 Å². The third kappa shape index (κ3) is 3.66. The molecule has 0 atom stereocenters. The summed E-state index contributed by atoms with van der Waals surface area (Å²) in [7, 11) is 1.33. The number of esters is 1. The van der Waals surface area contributed by atoms with Crippen molar-refractivity contribution in [3.63, 3.8) is 0 Å². The molecule has 28 heavy (non-hydrogen) atoms. The lowest BCUT2D eigenvalue weighted by atomic mass is 10.1. The number of ether oxygens (including phenoxy) is 1. The highest BCUT2D eigenvalue weighted by molar-refractivity contribution is 7.99. The first-order valence-electron chi connectivity index (χ1n) is 8.13. The van der Waals surface area contributed by atoms with Crippen LogP contribution in [0.3, 0.4) is 0 Å². The third-order valence-electron chi connectivity index (χ3n) is 3.83. The summed E-state index contributed by atoms with van der Waals surface area (Å²) in [6, 6.07) is 9.44. The molecule has 10 heteroatoms. The Balaban J connectivity index is 1.50. The molecule has 0 aliphatic rings. The molecule has 0 fully saturated rings. The van der Waals surface area contributed by atoms with E-state index in [-0.39, 0.29) is 11.7 Å². The molecule has 4 aromatic rings. The lowest BCUT2D eigenvalue weighted by Gasteiger charge is -2.06. The number of pyridine rings is 1. The summed E-state index contributed by atoms with van der Waals surface area (Å²) in [5.74, 6) is -0.568. The van der Waals surface area contributed by atoms with Crippen LogP contribution < -0.4 is 5.32 Å². The van der Waals surface area contributed by atoms with Crippen LogP contribution in [0.4, 0.5) is 5.00 Å². The van der Waals surface area contributed by atoms with Crippen molar-refractivity contribution in [1.29, 1.82) is 0 Å². The molecule has 0 radical (unpaired) electrons. The van der Waals surface area contributed by atoms with Crippen LogP contribution in [0, 0.1) is 0 Å². The Morgan fingerprint density at radius 1 is 1.21 bits per heavy atom. The molecule has 0 saturated heterocycles. The lowest BCUT2D eigenvalue weighted by molar-refractivity contribution is -0.113. The van der Waals surface area contributed by atoms with Crippen LogP contribution in [0.25, 0.3) is 16.1 Å². The van der Waals surface area contributed by atoms with Crippen molar-refractivity contribution in [3.8, 4) is 10.4 Å². The van der Waals surface area contributed by atoms with Crippen molar-refractivity contribution in [3.05, 3.63) is 52.9 Å². The van der Waals surface area contributed by atoms with E-state index in [4.69, 9.17) is 4.74 Å². The summed E-state index contributed by atoms with van der Waals surface area (Å²) < 4.78 is 6.73. The van der Waals surface area contributed by atoms with E-state index in [1.54, 1.807) is 0 Å². The van der Waals surface area contributed by atoms with E-state index in [1.165, 1.54) is 41.5 Å². The first-order chi connectivity index (χ1) is 13.7. The van der Waals surface area contributed by atoms with Crippen molar-refractivity contribution >= 4 is 57.0 Å². The molecular weight excluding hydrogens is 416 g/mol. The molecule has 0 unspecified atom stereocenters. The summed E-state index contributed by atoms with van der Waals surface area (Å²) in [5, 5.41) is 15.9. The highest BCUT2D eigenvalue weighted by atomic mass is 32.2. The molecule has 0 aliphatic carbocycles. The summed E-state index contributed by atoms with van der Waals surface area (Å²) in [4.78, 5) is 25.7. The Kier molecular flexibility index (Phi) is 5.42. The summed E-state index contributed by atoms with van der Waals surface area (Å²) in [6.45, 7) is 0. The number of hydrogen-bond donors (Lipinski definition) is 1. The first kappa shape index (κ1) is 18.7. The van der Waals surface area contributed by atoms with Crippen LogP contribution in [0.1, 0.15) is 10.4 Å². The minimum absolute atomic E-state index is 0.141. The lowest BCUT2D eigenvalue weighted by Crippen LogP contribution is -2.16. The summed E-state index contributed by atoms with van der Waals surface area (Å²) in [5.41, 5.74) is 1.86. The van der Waals surface area contributed by atoms with Crippen LogP contribution >= 0.6 is 34.4 Å². The first-order valence-corrected chi connectivity index (χ1v) is 10.9. The topological polar surface area (TPSA) is 85.6 Å². The van der Waals surface area contributed by atoms with Gasteiger partial charge in [-0.25, -0.2) is 4.79 Å². The molecule has 142 valence electrons. The maximum Gasteiger partial charge on any atom is 0.341 e. The van der Waals surface area contributed by atoms with E-state index in [0.29, 0.717) is 15.7 Å². The molecule has 4 aromatic heterocycles. The van der Waals surface area contributed by atoms with Crippen LogP contribution in [-0.2, 0) is 9.53 Å². The largest absolute Gasteiger partial charge is 0.465 e. The maximum atomic E-state index is 12.5. The third-order valence-corrected chi connectivity index (χ3v) is 6.58. The minimum atomic E-state index is -0.476. The van der Waals surface area contributed by atoms with Gasteiger partial charge in [0, 0.05) is 22.0 Å². The molecule has 4 heterocycles. The normalized spacial score (nSPS) is 10.9. The Hall–Kier alpha value is -2.69. The second-order valence-electron chi connectivity index (χ2n) is 5.57. The Morgan fingerprint density at radius 3 is 2.89 bits per heavy atom. The number of carbonyl (C=O) groups excluding carboxylic acids is 2. The van der Waals surface area contributed by atoms with Gasteiger partial charge < -0.3 is 10.1 Å². The van der Waals surface area contributed by atoms with Gasteiger partial charge in [0.2, 0.25) is 5.91 Å². The molecule has 0 aliphatic heterocycles. The second kappa shape index (κ2) is 8.13. The number of methoxy groups -OCH3 is 1. The molecule has 0 aromatic carbocycles. The SMILES string of the molecule is COC(=O)c1c(-c2cccs2)csc1NC(=O)CSc1nnc2ccccn12. The van der Waals surface area contributed by atoms with Gasteiger partial charge in [0.05, 0.1) is 12.9 Å². The number of thiophene rings is 2. The molecule has 0 bridgehead atoms. The molecule has 7 nitrogen and oxygen atoms in total. The number of thioether (sulfide) groups is 1. The number of fused-ring (bicyclic) bond motifs is 1. The smallest absolute Gasteiger partial charge is 0.341 e. The van der Waals surface area contributed by atoms with Gasteiger partial charge in [-0.05, 0) is 23.6 Å². The average molecular weight is 431 g/mol. The fourth-order valence-electron chi connectivity index (χ4n) is 2.58. The number of anilines is 1. The van der Waals surface area contributed by atoms with E-state index < -0.39 is 5.97 Å². The number of nitrogens with one attached hydrogen (secondary N) is 1. The zero-order valence-electron chi connectivity index (χ0n) is 14.6. The fraction of sp³-hybridized carbons (Fsp3) is 0.111. The predicted octanol–water partition coefficient (Wildman–Crippen LogP) is 4.04. The number of nitrogens with zero attached hydrogens (tertiary/aromatic N) is 3. The number of amides is 1. The predicted molar refractivity (Wildman–Crippen MR) is 111 cm³/mol. The average Bonchev–Trinajstić information content (AvgIpc) is 3.45. The number of carbonyl (C=O) groups is 2. The van der Waals surface area contributed by atoms with Crippen LogP contribution in [0.5, 0.6) is 0 Å². The zero-order valence-corrected chi connectivity index (χ0v) is 17.1. The minimum Gasteiger partial charge on any atom is -0.465 e. The highest BCUT2D eigenvalue weighted by Gasteiger charge is 2.23. The number of hydrogen-bond acceptors (Lipinski definition) is 8. The zero-order chi connectivity index (χ0) is 19.5. The van der Waals surface area contributed by atoms with Gasteiger partial charge in [-0.1, -0.05) is 23.9 Å². The number of rotatable bonds is 6. The quantitative estimate of drug-likeness (QED) is 0.367. The van der Waals surface area contributed by atoms with Crippen molar-refractivity contribution < 1.29 is 14.3 Å². The molecule has 0 saturated carbocycles. The van der Waals surface area contributed by atoms with Gasteiger partial charge >= 0.3 is 5.97 Å². The van der Waals surface area contributed by atoms with Crippen molar-refractivity contribution in [1.82, 2.24) is 14.6 Å². The van der Waals surface area contributed by atoms with Gasteiger partial charge in [-0.3, -0.25) is 9.20 Å². The summed E-state index contributed by atoms with van der Waals surface area (Å²) >= 11 is 4.10. The van der Waals surface area contributed by atoms with Gasteiger partial charge in [0.1, 0.15) is 10.6 Å². The molecule has 1 N–H and O–H groups in total. The molecular formula is C18H14N4O3S3. The van der Waals surface area contributed by atoms with Gasteiger partial charge in [-0.2, -0.15) is 0 Å². The maximum absolute atomic E-state index is 12.5. The van der Waals surface area contributed by atoms with E-state index in [1.807, 2.05) is 51.7 Å². The van der Waals surface area contributed by atoms with E-state index in [2.05, 4.69) is 15.5 Å². The second-order valence-corrected chi connectivity index (χ2v) is 8.34. The number of aromatic nitrogens is 3. The van der Waals surface area contributed by atoms with E-state index in [0.717, 1.165) is 16.1 Å². The van der Waals surface area contributed by atoms with Crippen molar-refractivity contribution in [2.75, 3.05) is 18.2 Å². The van der Waals surface area contributed by atoms with Crippen LogP contribution in [-0.4, -0.2) is 39.3 Å². The van der Waals surface area contributed by atoms with Gasteiger partial charge in [0.25, 0.3) is 0 Å². The van der Waals surface area contributed by atoms with Crippen LogP contribution in [0.2, 0.25) is 0 Å².